The molecule has 1 aromatic carbocycles. The summed E-state index contributed by atoms with van der Waals surface area (Å²) in [4.78, 5) is 0. The van der Waals surface area contributed by atoms with Crippen molar-refractivity contribution in [1.29, 1.82) is 0 Å². The first-order valence-corrected chi connectivity index (χ1v) is 6.71. The summed E-state index contributed by atoms with van der Waals surface area (Å²) >= 11 is 6.18. The van der Waals surface area contributed by atoms with Crippen molar-refractivity contribution in [2.75, 3.05) is 0 Å². The number of hydrogen-bond donors (Lipinski definition) is 1. The van der Waals surface area contributed by atoms with Crippen LogP contribution in [0, 0.1) is 0 Å². The normalized spacial score (nSPS) is 16.0. The third-order valence-electron chi connectivity index (χ3n) is 3.06. The molecule has 2 rings (SSSR count). The molecular formula is C14H20ClNO. The smallest absolute Gasteiger partial charge is 0.138 e. The molecule has 1 aliphatic carbocycles. The molecule has 0 heterocycles. The van der Waals surface area contributed by atoms with Crippen molar-refractivity contribution in [1.82, 2.24) is 5.32 Å². The van der Waals surface area contributed by atoms with E-state index in [9.17, 15) is 0 Å². The third kappa shape index (κ3) is 3.62. The van der Waals surface area contributed by atoms with Crippen LogP contribution >= 0.6 is 11.6 Å². The van der Waals surface area contributed by atoms with E-state index in [-0.39, 0.29) is 6.10 Å². The second-order valence-electron chi connectivity index (χ2n) is 4.94. The topological polar surface area (TPSA) is 21.3 Å². The van der Waals surface area contributed by atoms with Gasteiger partial charge in [0.25, 0.3) is 0 Å². The molecule has 17 heavy (non-hydrogen) atoms. The van der Waals surface area contributed by atoms with Crippen molar-refractivity contribution in [3.8, 4) is 5.75 Å². The van der Waals surface area contributed by atoms with Gasteiger partial charge in [-0.1, -0.05) is 24.1 Å². The van der Waals surface area contributed by atoms with Gasteiger partial charge in [-0.2, -0.15) is 0 Å². The fraction of sp³-hybridized carbons (Fsp3) is 0.571. The summed E-state index contributed by atoms with van der Waals surface area (Å²) in [5, 5.41) is 4.22. The van der Waals surface area contributed by atoms with Crippen molar-refractivity contribution >= 4 is 11.6 Å². The minimum atomic E-state index is 0.159. The van der Waals surface area contributed by atoms with Gasteiger partial charge >= 0.3 is 0 Å². The Kier molecular flexibility index (Phi) is 4.30. The molecular weight excluding hydrogens is 234 g/mol. The standard InChI is InChI=1S/C14H20ClNO/c1-10(2)17-14-7-6-11(8-13(14)15)9-16-12-4-3-5-12/h6-8,10,12,16H,3-5,9H2,1-2H3. The molecule has 0 amide bonds. The molecule has 0 atom stereocenters. The zero-order valence-electron chi connectivity index (χ0n) is 10.5. The second-order valence-corrected chi connectivity index (χ2v) is 5.35. The molecule has 3 heteroatoms. The summed E-state index contributed by atoms with van der Waals surface area (Å²) in [5.74, 6) is 0.772. The Morgan fingerprint density at radius 1 is 1.41 bits per heavy atom. The first-order valence-electron chi connectivity index (χ1n) is 6.33. The number of halogens is 1. The first-order chi connectivity index (χ1) is 8.15. The first kappa shape index (κ1) is 12.7. The molecule has 1 fully saturated rings. The highest BCUT2D eigenvalue weighted by molar-refractivity contribution is 6.32. The van der Waals surface area contributed by atoms with E-state index in [1.54, 1.807) is 0 Å². The average Bonchev–Trinajstić information content (AvgIpc) is 2.19. The van der Waals surface area contributed by atoms with E-state index in [2.05, 4.69) is 11.4 Å². The lowest BCUT2D eigenvalue weighted by molar-refractivity contribution is 0.242. The van der Waals surface area contributed by atoms with Gasteiger partial charge in [-0.25, -0.2) is 0 Å². The van der Waals surface area contributed by atoms with Crippen LogP contribution in [0.25, 0.3) is 0 Å². The minimum absolute atomic E-state index is 0.159. The van der Waals surface area contributed by atoms with Crippen LogP contribution in [-0.4, -0.2) is 12.1 Å². The Balaban J connectivity index is 1.92. The van der Waals surface area contributed by atoms with E-state index in [0.29, 0.717) is 11.1 Å². The predicted octanol–water partition coefficient (Wildman–Crippen LogP) is 3.77. The highest BCUT2D eigenvalue weighted by Gasteiger charge is 2.16. The predicted molar refractivity (Wildman–Crippen MR) is 71.7 cm³/mol. The number of benzene rings is 1. The summed E-state index contributed by atoms with van der Waals surface area (Å²) in [6.07, 6.45) is 4.14. The molecule has 0 unspecified atom stereocenters. The van der Waals surface area contributed by atoms with Crippen molar-refractivity contribution in [3.05, 3.63) is 28.8 Å². The van der Waals surface area contributed by atoms with Crippen molar-refractivity contribution in [2.45, 2.75) is 51.8 Å². The van der Waals surface area contributed by atoms with Gasteiger partial charge in [0.1, 0.15) is 5.75 Å². The van der Waals surface area contributed by atoms with Gasteiger partial charge in [0.2, 0.25) is 0 Å². The van der Waals surface area contributed by atoms with E-state index in [1.807, 2.05) is 26.0 Å². The number of hydrogen-bond acceptors (Lipinski definition) is 2. The van der Waals surface area contributed by atoms with Gasteiger partial charge in [-0.05, 0) is 44.4 Å². The van der Waals surface area contributed by atoms with Crippen LogP contribution in [0.4, 0.5) is 0 Å². The average molecular weight is 254 g/mol. The molecule has 94 valence electrons. The van der Waals surface area contributed by atoms with E-state index in [1.165, 1.54) is 24.8 Å². The van der Waals surface area contributed by atoms with E-state index < -0.39 is 0 Å². The Labute approximate surface area is 108 Å². The Bertz CT molecular complexity index is 374. The van der Waals surface area contributed by atoms with Crippen LogP contribution in [0.15, 0.2) is 18.2 Å². The number of ether oxygens (including phenoxy) is 1. The van der Waals surface area contributed by atoms with Crippen LogP contribution < -0.4 is 10.1 Å². The third-order valence-corrected chi connectivity index (χ3v) is 3.35. The molecule has 0 saturated heterocycles. The second kappa shape index (κ2) is 5.74. The number of nitrogens with one attached hydrogen (secondary N) is 1. The van der Waals surface area contributed by atoms with Gasteiger partial charge < -0.3 is 10.1 Å². The highest BCUT2D eigenvalue weighted by Crippen LogP contribution is 2.27. The monoisotopic (exact) mass is 253 g/mol. The molecule has 2 nitrogen and oxygen atoms in total. The fourth-order valence-corrected chi connectivity index (χ4v) is 2.13. The van der Waals surface area contributed by atoms with Gasteiger partial charge in [-0.15, -0.1) is 0 Å². The Morgan fingerprint density at radius 3 is 2.71 bits per heavy atom. The van der Waals surface area contributed by atoms with Gasteiger partial charge in [-0.3, -0.25) is 0 Å². The maximum Gasteiger partial charge on any atom is 0.138 e. The highest BCUT2D eigenvalue weighted by atomic mass is 35.5. The quantitative estimate of drug-likeness (QED) is 0.863. The van der Waals surface area contributed by atoms with Crippen LogP contribution in [0.1, 0.15) is 38.7 Å². The van der Waals surface area contributed by atoms with Crippen molar-refractivity contribution in [3.63, 3.8) is 0 Å². The van der Waals surface area contributed by atoms with Crippen molar-refractivity contribution < 1.29 is 4.74 Å². The molecule has 1 aliphatic rings. The lowest BCUT2D eigenvalue weighted by atomic mass is 9.93. The molecule has 0 aromatic heterocycles. The SMILES string of the molecule is CC(C)Oc1ccc(CNC2CCC2)cc1Cl. The Hall–Kier alpha value is -0.730. The number of rotatable bonds is 5. The van der Waals surface area contributed by atoms with Crippen LogP contribution in [0.2, 0.25) is 5.02 Å². The molecule has 1 aromatic rings. The zero-order chi connectivity index (χ0) is 12.3. The summed E-state index contributed by atoms with van der Waals surface area (Å²) < 4.78 is 5.61. The molecule has 0 aliphatic heterocycles. The maximum absolute atomic E-state index is 6.18. The minimum Gasteiger partial charge on any atom is -0.489 e. The Morgan fingerprint density at radius 2 is 2.18 bits per heavy atom. The maximum atomic E-state index is 6.18. The van der Waals surface area contributed by atoms with Crippen LogP contribution in [0.5, 0.6) is 5.75 Å². The zero-order valence-corrected chi connectivity index (χ0v) is 11.3. The molecule has 1 N–H and O–H groups in total. The van der Waals surface area contributed by atoms with Gasteiger partial charge in [0, 0.05) is 12.6 Å². The largest absolute Gasteiger partial charge is 0.489 e. The van der Waals surface area contributed by atoms with Crippen LogP contribution in [-0.2, 0) is 6.54 Å². The van der Waals surface area contributed by atoms with Gasteiger partial charge in [0.05, 0.1) is 11.1 Å². The molecule has 0 spiro atoms. The lowest BCUT2D eigenvalue weighted by Gasteiger charge is -2.26. The lowest BCUT2D eigenvalue weighted by Crippen LogP contribution is -2.34. The van der Waals surface area contributed by atoms with Crippen LogP contribution in [0.3, 0.4) is 0 Å². The van der Waals surface area contributed by atoms with Crippen molar-refractivity contribution in [2.24, 2.45) is 0 Å². The summed E-state index contributed by atoms with van der Waals surface area (Å²) in [7, 11) is 0. The van der Waals surface area contributed by atoms with E-state index in [0.717, 1.165) is 12.3 Å². The van der Waals surface area contributed by atoms with Gasteiger partial charge in [0.15, 0.2) is 0 Å². The summed E-state index contributed by atoms with van der Waals surface area (Å²) in [6.45, 7) is 4.90. The molecule has 1 saturated carbocycles. The van der Waals surface area contributed by atoms with E-state index >= 15 is 0 Å². The molecule has 0 radical (unpaired) electrons. The molecule has 0 bridgehead atoms. The summed E-state index contributed by atoms with van der Waals surface area (Å²) in [5.41, 5.74) is 1.22. The van der Waals surface area contributed by atoms with E-state index in [4.69, 9.17) is 16.3 Å². The summed E-state index contributed by atoms with van der Waals surface area (Å²) in [6, 6.07) is 6.74. The fourth-order valence-electron chi connectivity index (χ4n) is 1.88.